The predicted molar refractivity (Wildman–Crippen MR) is 81.2 cm³/mol. The van der Waals surface area contributed by atoms with Crippen LogP contribution < -0.4 is 12.4 Å². The first-order chi connectivity index (χ1) is 8.64. The molecule has 0 saturated heterocycles. The van der Waals surface area contributed by atoms with Crippen LogP contribution in [0.1, 0.15) is 59.3 Å². The van der Waals surface area contributed by atoms with Crippen molar-refractivity contribution in [1.29, 1.82) is 0 Å². The Balaban J connectivity index is 0. The molecule has 0 aromatic carbocycles. The molecular formula is C15H33Cl2NO. The average molecular weight is 314 g/mol. The highest BCUT2D eigenvalue weighted by Gasteiger charge is 2.25. The molecule has 118 valence electrons. The molecule has 0 aromatic heterocycles. The summed E-state index contributed by atoms with van der Waals surface area (Å²) in [6.07, 6.45) is 7.67. The van der Waals surface area contributed by atoms with Crippen LogP contribution in [0.2, 0.25) is 0 Å². The van der Waals surface area contributed by atoms with Gasteiger partial charge >= 0.3 is 0 Å². The van der Waals surface area contributed by atoms with E-state index in [4.69, 9.17) is 11.6 Å². The molecule has 1 unspecified atom stereocenters. The van der Waals surface area contributed by atoms with Crippen LogP contribution in [-0.2, 0) is 0 Å². The van der Waals surface area contributed by atoms with Gasteiger partial charge in [0, 0.05) is 0 Å². The summed E-state index contributed by atoms with van der Waals surface area (Å²) < 4.78 is 1.02. The van der Waals surface area contributed by atoms with Crippen LogP contribution in [0.5, 0.6) is 0 Å². The quantitative estimate of drug-likeness (QED) is 0.321. The fourth-order valence-electron chi connectivity index (χ4n) is 2.61. The Hall–Kier alpha value is 0.500. The molecular weight excluding hydrogens is 281 g/mol. The third kappa shape index (κ3) is 9.95. The molecule has 0 aliphatic rings. The van der Waals surface area contributed by atoms with Gasteiger partial charge in [-0.3, -0.25) is 0 Å². The second kappa shape index (κ2) is 13.5. The van der Waals surface area contributed by atoms with E-state index in [0.717, 1.165) is 24.1 Å². The monoisotopic (exact) mass is 313 g/mol. The van der Waals surface area contributed by atoms with Crippen LogP contribution in [-0.4, -0.2) is 47.8 Å². The van der Waals surface area contributed by atoms with Gasteiger partial charge in [-0.2, -0.15) is 0 Å². The van der Waals surface area contributed by atoms with Crippen molar-refractivity contribution in [3.05, 3.63) is 0 Å². The van der Waals surface area contributed by atoms with Gasteiger partial charge in [-0.15, -0.1) is 11.6 Å². The molecule has 0 heterocycles. The third-order valence-corrected chi connectivity index (χ3v) is 4.46. The zero-order valence-electron chi connectivity index (χ0n) is 13.0. The number of hydrogen-bond acceptors (Lipinski definition) is 1. The largest absolute Gasteiger partial charge is 1.00 e. The number of unbranched alkanes of at least 4 members (excludes halogenated alkanes) is 5. The van der Waals surface area contributed by atoms with Crippen LogP contribution in [0, 0.1) is 0 Å². The summed E-state index contributed by atoms with van der Waals surface area (Å²) in [5.74, 6) is 0.358. The molecule has 1 atom stereocenters. The van der Waals surface area contributed by atoms with Gasteiger partial charge in [0.2, 0.25) is 0 Å². The van der Waals surface area contributed by atoms with E-state index >= 15 is 0 Å². The topological polar surface area (TPSA) is 20.2 Å². The molecule has 0 bridgehead atoms. The maximum atomic E-state index is 9.78. The molecule has 19 heavy (non-hydrogen) atoms. The van der Waals surface area contributed by atoms with Gasteiger partial charge in [-0.1, -0.05) is 32.6 Å². The summed E-state index contributed by atoms with van der Waals surface area (Å²) in [6, 6.07) is 0. The zero-order chi connectivity index (χ0) is 13.9. The number of quaternary nitrogens is 1. The number of aliphatic hydroxyl groups is 1. The first-order valence-corrected chi connectivity index (χ1v) is 8.26. The average Bonchev–Trinajstić information content (AvgIpc) is 2.41. The lowest BCUT2D eigenvalue weighted by molar-refractivity contribution is -0.927. The van der Waals surface area contributed by atoms with E-state index in [2.05, 4.69) is 20.8 Å². The summed E-state index contributed by atoms with van der Waals surface area (Å²) >= 11 is 5.73. The van der Waals surface area contributed by atoms with Crippen molar-refractivity contribution in [2.24, 2.45) is 0 Å². The van der Waals surface area contributed by atoms with Gasteiger partial charge in [0.05, 0.1) is 25.5 Å². The standard InChI is InChI=1S/C15H33ClNO.ClH/c1-4-7-8-9-10-11-12-17(5-2,6-3)14-15(18)13-16;/h15,18H,4-14H2,1-3H3;1H/q+1;/p-1. The fraction of sp³-hybridized carbons (Fsp3) is 1.00. The smallest absolute Gasteiger partial charge is 0.116 e. The van der Waals surface area contributed by atoms with Crippen molar-refractivity contribution in [2.45, 2.75) is 65.4 Å². The van der Waals surface area contributed by atoms with E-state index in [9.17, 15) is 5.11 Å². The fourth-order valence-corrected chi connectivity index (χ4v) is 2.71. The molecule has 0 spiro atoms. The van der Waals surface area contributed by atoms with Gasteiger partial charge in [0.1, 0.15) is 12.6 Å². The summed E-state index contributed by atoms with van der Waals surface area (Å²) in [5.41, 5.74) is 0. The second-order valence-corrected chi connectivity index (χ2v) is 5.76. The zero-order valence-corrected chi connectivity index (χ0v) is 14.5. The van der Waals surface area contributed by atoms with Crippen molar-refractivity contribution < 1.29 is 22.0 Å². The van der Waals surface area contributed by atoms with Crippen LogP contribution in [0.15, 0.2) is 0 Å². The van der Waals surface area contributed by atoms with Crippen molar-refractivity contribution in [3.63, 3.8) is 0 Å². The highest BCUT2D eigenvalue weighted by atomic mass is 35.5. The Morgan fingerprint density at radius 1 is 0.947 bits per heavy atom. The highest BCUT2D eigenvalue weighted by Crippen LogP contribution is 2.13. The minimum atomic E-state index is -0.355. The minimum Gasteiger partial charge on any atom is -1.00 e. The van der Waals surface area contributed by atoms with Crippen molar-refractivity contribution in [2.75, 3.05) is 32.1 Å². The first-order valence-electron chi connectivity index (χ1n) is 7.73. The Bertz CT molecular complexity index is 187. The van der Waals surface area contributed by atoms with Gasteiger partial charge in [-0.25, -0.2) is 0 Å². The SMILES string of the molecule is CCCCCCCC[N+](CC)(CC)CC(O)CCl.[Cl-]. The molecule has 0 aromatic rings. The van der Waals surface area contributed by atoms with E-state index in [1.54, 1.807) is 0 Å². The maximum absolute atomic E-state index is 9.78. The Labute approximate surface area is 131 Å². The Morgan fingerprint density at radius 2 is 1.47 bits per heavy atom. The highest BCUT2D eigenvalue weighted by molar-refractivity contribution is 6.18. The molecule has 0 amide bonds. The number of rotatable bonds is 12. The van der Waals surface area contributed by atoms with Crippen LogP contribution in [0.4, 0.5) is 0 Å². The molecule has 0 rings (SSSR count). The molecule has 1 N–H and O–H groups in total. The number of alkyl halides is 1. The van der Waals surface area contributed by atoms with Crippen molar-refractivity contribution in [1.82, 2.24) is 0 Å². The lowest BCUT2D eigenvalue weighted by Crippen LogP contribution is -3.00. The van der Waals surface area contributed by atoms with E-state index in [-0.39, 0.29) is 18.5 Å². The summed E-state index contributed by atoms with van der Waals surface area (Å²) in [4.78, 5) is 0. The van der Waals surface area contributed by atoms with E-state index in [0.29, 0.717) is 5.88 Å². The van der Waals surface area contributed by atoms with E-state index in [1.807, 2.05) is 0 Å². The van der Waals surface area contributed by atoms with E-state index < -0.39 is 0 Å². The minimum absolute atomic E-state index is 0. The van der Waals surface area contributed by atoms with Gasteiger partial charge in [0.25, 0.3) is 0 Å². The molecule has 0 fully saturated rings. The lowest BCUT2D eigenvalue weighted by atomic mass is 10.1. The normalized spacial score (nSPS) is 13.1. The molecule has 0 aliphatic carbocycles. The Kier molecular flexibility index (Phi) is 15.5. The van der Waals surface area contributed by atoms with Gasteiger partial charge < -0.3 is 22.0 Å². The summed E-state index contributed by atoms with van der Waals surface area (Å²) in [5, 5.41) is 9.78. The summed E-state index contributed by atoms with van der Waals surface area (Å²) in [7, 11) is 0. The van der Waals surface area contributed by atoms with Crippen LogP contribution >= 0.6 is 11.6 Å². The maximum Gasteiger partial charge on any atom is 0.116 e. The molecule has 4 heteroatoms. The number of nitrogens with zero attached hydrogens (tertiary/aromatic N) is 1. The molecule has 0 aliphatic heterocycles. The molecule has 0 radical (unpaired) electrons. The second-order valence-electron chi connectivity index (χ2n) is 5.46. The third-order valence-electron chi connectivity index (χ3n) is 4.10. The van der Waals surface area contributed by atoms with Crippen molar-refractivity contribution >= 4 is 11.6 Å². The van der Waals surface area contributed by atoms with Crippen LogP contribution in [0.3, 0.4) is 0 Å². The Morgan fingerprint density at radius 3 is 1.95 bits per heavy atom. The van der Waals surface area contributed by atoms with Gasteiger partial charge in [-0.05, 0) is 26.7 Å². The number of likely N-dealkylation sites (N-methyl/N-ethyl adjacent to an activating group) is 1. The molecule has 0 saturated carbocycles. The number of hydrogen-bond donors (Lipinski definition) is 1. The van der Waals surface area contributed by atoms with Crippen molar-refractivity contribution in [3.8, 4) is 0 Å². The number of halogens is 2. The molecule has 2 nitrogen and oxygen atoms in total. The van der Waals surface area contributed by atoms with Gasteiger partial charge in [0.15, 0.2) is 0 Å². The van der Waals surface area contributed by atoms with Crippen LogP contribution in [0.25, 0.3) is 0 Å². The number of aliphatic hydroxyl groups excluding tert-OH is 1. The predicted octanol–water partition coefficient (Wildman–Crippen LogP) is 0.807. The lowest BCUT2D eigenvalue weighted by Gasteiger charge is -2.38. The summed E-state index contributed by atoms with van der Waals surface area (Å²) in [6.45, 7) is 10.9. The first kappa shape index (κ1) is 21.8. The van der Waals surface area contributed by atoms with E-state index in [1.165, 1.54) is 45.1 Å².